The van der Waals surface area contributed by atoms with Crippen molar-refractivity contribution in [1.29, 1.82) is 0 Å². The summed E-state index contributed by atoms with van der Waals surface area (Å²) in [5, 5.41) is 5.85. The second-order valence-corrected chi connectivity index (χ2v) is 6.39. The van der Waals surface area contributed by atoms with E-state index >= 15 is 0 Å². The first kappa shape index (κ1) is 14.5. The quantitative estimate of drug-likeness (QED) is 0.877. The Morgan fingerprint density at radius 1 is 1.40 bits per heavy atom. The van der Waals surface area contributed by atoms with Crippen LogP contribution >= 0.6 is 10.7 Å². The van der Waals surface area contributed by atoms with Crippen LogP contribution in [0.25, 0.3) is 0 Å². The second-order valence-electron chi connectivity index (χ2n) is 3.86. The lowest BCUT2D eigenvalue weighted by Gasteiger charge is -2.04. The van der Waals surface area contributed by atoms with Crippen LogP contribution < -0.4 is 5.32 Å². The molecular weight excluding hydrogens is 311 g/mol. The highest BCUT2D eigenvalue weighted by Gasteiger charge is 2.17. The van der Waals surface area contributed by atoms with Crippen LogP contribution in [0.2, 0.25) is 0 Å². The fourth-order valence-electron chi connectivity index (χ4n) is 1.44. The third-order valence-corrected chi connectivity index (χ3v) is 3.67. The van der Waals surface area contributed by atoms with Gasteiger partial charge in [0.25, 0.3) is 15.0 Å². The topological polar surface area (TPSA) is 89.3 Å². The average Bonchev–Trinajstić information content (AvgIpc) is 2.74. The SMILES string of the molecule is Cc1cc(C(=O)Nc2ccc(S(=O)(=O)Cl)c(F)c2)no1. The van der Waals surface area contributed by atoms with Crippen molar-refractivity contribution in [2.24, 2.45) is 0 Å². The molecule has 0 spiro atoms. The predicted octanol–water partition coefficient (Wildman–Crippen LogP) is 2.30. The maximum absolute atomic E-state index is 13.6. The van der Waals surface area contributed by atoms with Crippen molar-refractivity contribution in [2.75, 3.05) is 5.32 Å². The van der Waals surface area contributed by atoms with E-state index in [0.29, 0.717) is 5.76 Å². The summed E-state index contributed by atoms with van der Waals surface area (Å²) in [6.45, 7) is 1.61. The van der Waals surface area contributed by atoms with Crippen LogP contribution in [0.5, 0.6) is 0 Å². The van der Waals surface area contributed by atoms with Crippen molar-refractivity contribution in [3.8, 4) is 0 Å². The van der Waals surface area contributed by atoms with Crippen molar-refractivity contribution < 1.29 is 22.1 Å². The van der Waals surface area contributed by atoms with Crippen molar-refractivity contribution in [3.63, 3.8) is 0 Å². The van der Waals surface area contributed by atoms with Crippen LogP contribution in [0.4, 0.5) is 10.1 Å². The van der Waals surface area contributed by atoms with E-state index < -0.39 is 25.7 Å². The summed E-state index contributed by atoms with van der Waals surface area (Å²) in [6.07, 6.45) is 0. The molecule has 0 aliphatic heterocycles. The van der Waals surface area contributed by atoms with Crippen molar-refractivity contribution in [3.05, 3.63) is 41.5 Å². The minimum Gasteiger partial charge on any atom is -0.361 e. The van der Waals surface area contributed by atoms with Gasteiger partial charge in [-0.1, -0.05) is 5.16 Å². The standard InChI is InChI=1S/C11H8ClFN2O4S/c1-6-4-9(15-19-6)11(16)14-7-2-3-10(8(13)5-7)20(12,17)18/h2-5H,1H3,(H,14,16). The van der Waals surface area contributed by atoms with Crippen molar-refractivity contribution >= 4 is 31.3 Å². The fourth-order valence-corrected chi connectivity index (χ4v) is 2.34. The molecule has 0 bridgehead atoms. The molecule has 1 aromatic heterocycles. The Morgan fingerprint density at radius 2 is 2.10 bits per heavy atom. The van der Waals surface area contributed by atoms with Gasteiger partial charge in [0.15, 0.2) is 5.69 Å². The smallest absolute Gasteiger partial charge is 0.277 e. The van der Waals surface area contributed by atoms with Gasteiger partial charge in [-0.05, 0) is 25.1 Å². The number of rotatable bonds is 3. The molecule has 0 aliphatic rings. The number of aromatic nitrogens is 1. The van der Waals surface area contributed by atoms with Crippen LogP contribution in [0, 0.1) is 12.7 Å². The summed E-state index contributed by atoms with van der Waals surface area (Å²) >= 11 is 0. The van der Waals surface area contributed by atoms with Gasteiger partial charge in [-0.15, -0.1) is 0 Å². The van der Waals surface area contributed by atoms with Gasteiger partial charge < -0.3 is 9.84 Å². The molecule has 0 saturated carbocycles. The van der Waals surface area contributed by atoms with Crippen LogP contribution in [0.1, 0.15) is 16.2 Å². The molecule has 0 saturated heterocycles. The van der Waals surface area contributed by atoms with Crippen LogP contribution in [0.15, 0.2) is 33.7 Å². The molecule has 6 nitrogen and oxygen atoms in total. The lowest BCUT2D eigenvalue weighted by Crippen LogP contribution is -2.12. The van der Waals surface area contributed by atoms with E-state index in [0.717, 1.165) is 12.1 Å². The van der Waals surface area contributed by atoms with Gasteiger partial charge in [0, 0.05) is 22.4 Å². The van der Waals surface area contributed by atoms with E-state index in [4.69, 9.17) is 15.2 Å². The molecule has 0 unspecified atom stereocenters. The molecule has 0 atom stereocenters. The average molecular weight is 319 g/mol. The number of aryl methyl sites for hydroxylation is 1. The van der Waals surface area contributed by atoms with Gasteiger partial charge in [0.1, 0.15) is 16.5 Å². The molecule has 0 radical (unpaired) electrons. The fraction of sp³-hybridized carbons (Fsp3) is 0.0909. The second kappa shape index (κ2) is 5.22. The Morgan fingerprint density at radius 3 is 2.60 bits per heavy atom. The Balaban J connectivity index is 2.23. The Labute approximate surface area is 117 Å². The lowest BCUT2D eigenvalue weighted by molar-refractivity contribution is 0.101. The van der Waals surface area contributed by atoms with E-state index in [2.05, 4.69) is 10.5 Å². The summed E-state index contributed by atoms with van der Waals surface area (Å²) in [5.41, 5.74) is 0.0918. The maximum Gasteiger partial charge on any atom is 0.277 e. The minimum atomic E-state index is -4.17. The number of hydrogen-bond acceptors (Lipinski definition) is 5. The first-order chi connectivity index (χ1) is 9.27. The molecule has 2 aromatic rings. The zero-order valence-electron chi connectivity index (χ0n) is 10.1. The van der Waals surface area contributed by atoms with Gasteiger partial charge in [-0.2, -0.15) is 0 Å². The number of carbonyl (C=O) groups is 1. The molecule has 0 aliphatic carbocycles. The third kappa shape index (κ3) is 3.14. The van der Waals surface area contributed by atoms with Crippen molar-refractivity contribution in [2.45, 2.75) is 11.8 Å². The number of hydrogen-bond donors (Lipinski definition) is 1. The lowest BCUT2D eigenvalue weighted by atomic mass is 10.3. The zero-order chi connectivity index (χ0) is 14.9. The van der Waals surface area contributed by atoms with E-state index in [-0.39, 0.29) is 11.4 Å². The molecule has 0 fully saturated rings. The summed E-state index contributed by atoms with van der Waals surface area (Å²) in [6, 6.07) is 4.42. The first-order valence-corrected chi connectivity index (χ1v) is 7.57. The van der Waals surface area contributed by atoms with Gasteiger partial charge >= 0.3 is 0 Å². The summed E-state index contributed by atoms with van der Waals surface area (Å²) in [4.78, 5) is 11.1. The zero-order valence-corrected chi connectivity index (χ0v) is 11.6. The monoisotopic (exact) mass is 318 g/mol. The highest BCUT2D eigenvalue weighted by Crippen LogP contribution is 2.22. The normalized spacial score (nSPS) is 11.3. The van der Waals surface area contributed by atoms with Crippen LogP contribution in [-0.2, 0) is 9.05 Å². The number of nitrogens with one attached hydrogen (secondary N) is 1. The molecular formula is C11H8ClFN2O4S. The van der Waals surface area contributed by atoms with Gasteiger partial charge in [0.05, 0.1) is 0 Å². The number of anilines is 1. The number of amides is 1. The molecule has 106 valence electrons. The number of halogens is 2. The predicted molar refractivity (Wildman–Crippen MR) is 68.6 cm³/mol. The third-order valence-electron chi connectivity index (χ3n) is 2.31. The number of benzene rings is 1. The Hall–Kier alpha value is -1.93. The van der Waals surface area contributed by atoms with E-state index in [9.17, 15) is 17.6 Å². The van der Waals surface area contributed by atoms with Crippen molar-refractivity contribution in [1.82, 2.24) is 5.16 Å². The van der Waals surface area contributed by atoms with Crippen LogP contribution in [0.3, 0.4) is 0 Å². The molecule has 1 N–H and O–H groups in total. The Bertz CT molecular complexity index is 772. The maximum atomic E-state index is 13.6. The highest BCUT2D eigenvalue weighted by atomic mass is 35.7. The van der Waals surface area contributed by atoms with E-state index in [1.54, 1.807) is 6.92 Å². The largest absolute Gasteiger partial charge is 0.361 e. The number of nitrogens with zero attached hydrogens (tertiary/aromatic N) is 1. The summed E-state index contributed by atoms with van der Waals surface area (Å²) in [7, 11) is 0.873. The van der Waals surface area contributed by atoms with Crippen LogP contribution in [-0.4, -0.2) is 19.5 Å². The molecule has 9 heteroatoms. The molecule has 1 aromatic carbocycles. The van der Waals surface area contributed by atoms with E-state index in [1.165, 1.54) is 12.1 Å². The molecule has 2 rings (SSSR count). The molecule has 1 amide bonds. The summed E-state index contributed by atoms with van der Waals surface area (Å²) in [5.74, 6) is -1.22. The Kier molecular flexibility index (Phi) is 3.78. The minimum absolute atomic E-state index is 0.0250. The molecule has 20 heavy (non-hydrogen) atoms. The van der Waals surface area contributed by atoms with Gasteiger partial charge in [-0.25, -0.2) is 12.8 Å². The molecule has 1 heterocycles. The van der Waals surface area contributed by atoms with Gasteiger partial charge in [-0.3, -0.25) is 4.79 Å². The van der Waals surface area contributed by atoms with Gasteiger partial charge in [0.2, 0.25) is 0 Å². The van der Waals surface area contributed by atoms with E-state index in [1.807, 2.05) is 0 Å². The number of carbonyl (C=O) groups excluding carboxylic acids is 1. The summed E-state index contributed by atoms with van der Waals surface area (Å²) < 4.78 is 40.3. The highest BCUT2D eigenvalue weighted by molar-refractivity contribution is 8.13. The first-order valence-electron chi connectivity index (χ1n) is 5.26.